The van der Waals surface area contributed by atoms with Crippen LogP contribution in [0.5, 0.6) is 28.7 Å². The molecule has 13 nitrogen and oxygen atoms in total. The Morgan fingerprint density at radius 1 is 0.754 bits per heavy atom. The maximum Gasteiger partial charge on any atom is 0.258 e. The van der Waals surface area contributed by atoms with E-state index in [0.29, 0.717) is 90.2 Å². The van der Waals surface area contributed by atoms with Gasteiger partial charge >= 0.3 is 0 Å². The summed E-state index contributed by atoms with van der Waals surface area (Å²) in [5, 5.41) is 12.7. The molecule has 1 aromatic heterocycles. The molecule has 0 radical (unpaired) electrons. The number of ether oxygens (including phenoxy) is 4. The number of amides is 4. The molecule has 1 saturated carbocycles. The molecule has 65 heavy (non-hydrogen) atoms. The Kier molecular flexibility index (Phi) is 15.9. The van der Waals surface area contributed by atoms with Crippen LogP contribution in [0.15, 0.2) is 103 Å². The Labute approximate surface area is 384 Å². The van der Waals surface area contributed by atoms with Crippen molar-refractivity contribution in [1.29, 1.82) is 0 Å². The van der Waals surface area contributed by atoms with Crippen LogP contribution in [0, 0.1) is 19.8 Å². The minimum Gasteiger partial charge on any atom is -0.490 e. The standard InChI is InChI=1S/C51H56ClN5O8/c1-4-62-44-29-42(65-41-24-32(2)47(52)33(3)25-41)28-38-30-63-40-16-12-34(13-17-40)20-23-54-50(60)43(26-36-18-21-53-22-19-36)56-51(61)48(37-8-6-5-7-9-37)57-45(58)27-35-10-14-39(15-11-35)55-46(59)31-64-49(38)44/h5-9,12-13,16-19,21-22,24-25,28-29,35,39,43,48H,4,10-11,14-15,20,23,26-27,30-31H2,1-3H3,(H,54,60)(H,55,59)(H,56,61)(H,57,58)/t35?,39?,43-,48+/m1/s1. The Hall–Kier alpha value is -6.60. The van der Waals surface area contributed by atoms with Crippen LogP contribution >= 0.6 is 11.6 Å². The fourth-order valence-electron chi connectivity index (χ4n) is 8.26. The fourth-order valence-corrected chi connectivity index (χ4v) is 8.37. The molecule has 4 aromatic carbocycles. The fraction of sp³-hybridized carbons (Fsp3) is 0.353. The van der Waals surface area contributed by atoms with Gasteiger partial charge in [0.15, 0.2) is 18.1 Å². The first-order chi connectivity index (χ1) is 31.5. The number of rotatable bonds is 7. The number of carbonyl (C=O) groups is 4. The van der Waals surface area contributed by atoms with E-state index in [-0.39, 0.29) is 55.7 Å². The first-order valence-electron chi connectivity index (χ1n) is 22.2. The van der Waals surface area contributed by atoms with Crippen LogP contribution in [0.25, 0.3) is 0 Å². The van der Waals surface area contributed by atoms with Gasteiger partial charge in [0.05, 0.1) is 6.61 Å². The molecule has 0 spiro atoms. The minimum absolute atomic E-state index is 0.0551. The topological polar surface area (TPSA) is 166 Å². The third kappa shape index (κ3) is 13.0. The van der Waals surface area contributed by atoms with Gasteiger partial charge in [-0.1, -0.05) is 54.1 Å². The van der Waals surface area contributed by atoms with E-state index in [1.54, 1.807) is 54.9 Å². The van der Waals surface area contributed by atoms with E-state index < -0.39 is 18.0 Å². The van der Waals surface area contributed by atoms with Gasteiger partial charge in [-0.05, 0) is 129 Å². The predicted octanol–water partition coefficient (Wildman–Crippen LogP) is 7.82. The summed E-state index contributed by atoms with van der Waals surface area (Å²) in [7, 11) is 0. The van der Waals surface area contributed by atoms with Crippen molar-refractivity contribution in [3.63, 3.8) is 0 Å². The molecule has 4 aliphatic heterocycles. The minimum atomic E-state index is -1.03. The average Bonchev–Trinajstić information content (AvgIpc) is 3.30. The molecule has 5 aromatic rings. The third-order valence-electron chi connectivity index (χ3n) is 11.6. The lowest BCUT2D eigenvalue weighted by atomic mass is 9.84. The summed E-state index contributed by atoms with van der Waals surface area (Å²) in [6.45, 7) is 6.15. The van der Waals surface area contributed by atoms with Crippen LogP contribution < -0.4 is 40.2 Å². The van der Waals surface area contributed by atoms with Gasteiger partial charge in [0.25, 0.3) is 5.91 Å². The molecule has 1 aliphatic carbocycles. The molecule has 5 aliphatic rings. The largest absolute Gasteiger partial charge is 0.490 e. The summed E-state index contributed by atoms with van der Waals surface area (Å²) in [5.41, 5.74) is 4.73. The molecule has 4 N–H and O–H groups in total. The predicted molar refractivity (Wildman–Crippen MR) is 247 cm³/mol. The zero-order valence-corrected chi connectivity index (χ0v) is 37.7. The van der Waals surface area contributed by atoms with E-state index in [9.17, 15) is 19.2 Å². The van der Waals surface area contributed by atoms with E-state index in [1.807, 2.05) is 69.3 Å². The smallest absolute Gasteiger partial charge is 0.258 e. The highest BCUT2D eigenvalue weighted by Crippen LogP contribution is 2.39. The third-order valence-corrected chi connectivity index (χ3v) is 12.2. The van der Waals surface area contributed by atoms with E-state index in [0.717, 1.165) is 22.3 Å². The normalized spacial score (nSPS) is 20.1. The second-order valence-electron chi connectivity index (χ2n) is 16.6. The molecule has 10 rings (SSSR count). The van der Waals surface area contributed by atoms with Crippen molar-refractivity contribution in [1.82, 2.24) is 26.3 Å². The zero-order chi connectivity index (χ0) is 45.7. The molecular weight excluding hydrogens is 846 g/mol. The number of nitrogens with one attached hydrogen (secondary N) is 4. The number of carbonyl (C=O) groups excluding carboxylic acids is 4. The highest BCUT2D eigenvalue weighted by Gasteiger charge is 2.30. The molecule has 340 valence electrons. The van der Waals surface area contributed by atoms with E-state index >= 15 is 0 Å². The number of benzene rings is 4. The number of aryl methyl sites for hydroxylation is 2. The second-order valence-corrected chi connectivity index (χ2v) is 17.0. The number of nitrogens with zero attached hydrogens (tertiary/aromatic N) is 1. The Morgan fingerprint density at radius 2 is 1.46 bits per heavy atom. The van der Waals surface area contributed by atoms with Gasteiger partial charge in [0.1, 0.15) is 35.9 Å². The van der Waals surface area contributed by atoms with Crippen molar-refractivity contribution in [2.24, 2.45) is 5.92 Å². The quantitative estimate of drug-likeness (QED) is 0.127. The summed E-state index contributed by atoms with van der Waals surface area (Å²) in [4.78, 5) is 59.1. The maximum absolute atomic E-state index is 14.1. The first kappa shape index (κ1) is 46.4. The lowest BCUT2D eigenvalue weighted by molar-refractivity contribution is -0.132. The van der Waals surface area contributed by atoms with Gasteiger partial charge in [-0.25, -0.2) is 0 Å². The van der Waals surface area contributed by atoms with Crippen molar-refractivity contribution >= 4 is 35.2 Å². The molecule has 0 saturated heterocycles. The van der Waals surface area contributed by atoms with Crippen LogP contribution in [-0.2, 0) is 38.6 Å². The zero-order valence-electron chi connectivity index (χ0n) is 37.0. The van der Waals surface area contributed by atoms with Crippen LogP contribution in [0.3, 0.4) is 0 Å². The van der Waals surface area contributed by atoms with Crippen molar-refractivity contribution < 1.29 is 38.1 Å². The van der Waals surface area contributed by atoms with Gasteiger partial charge in [-0.3, -0.25) is 24.2 Å². The van der Waals surface area contributed by atoms with Gasteiger partial charge in [0.2, 0.25) is 17.7 Å². The highest BCUT2D eigenvalue weighted by atomic mass is 35.5. The van der Waals surface area contributed by atoms with E-state index in [2.05, 4.69) is 26.3 Å². The molecule has 4 amide bonds. The summed E-state index contributed by atoms with van der Waals surface area (Å²) in [6.07, 6.45) is 6.99. The summed E-state index contributed by atoms with van der Waals surface area (Å²) >= 11 is 6.45. The van der Waals surface area contributed by atoms with Crippen LogP contribution in [-0.4, -0.2) is 60.5 Å². The van der Waals surface area contributed by atoms with E-state index in [1.165, 1.54) is 0 Å². The van der Waals surface area contributed by atoms with Crippen LogP contribution in [0.4, 0.5) is 0 Å². The van der Waals surface area contributed by atoms with E-state index in [4.69, 9.17) is 30.5 Å². The molecule has 14 heteroatoms. The number of aromatic nitrogens is 1. The molecule has 1 fully saturated rings. The van der Waals surface area contributed by atoms with Crippen molar-refractivity contribution in [2.75, 3.05) is 19.8 Å². The van der Waals surface area contributed by atoms with Crippen molar-refractivity contribution in [3.8, 4) is 28.7 Å². The number of hydrogen-bond acceptors (Lipinski definition) is 9. The van der Waals surface area contributed by atoms with Crippen LogP contribution in [0.1, 0.15) is 78.5 Å². The summed E-state index contributed by atoms with van der Waals surface area (Å²) < 4.78 is 25.0. The molecular formula is C51H56ClN5O8. The molecule has 4 bridgehead atoms. The first-order valence-corrected chi connectivity index (χ1v) is 22.6. The lowest BCUT2D eigenvalue weighted by Gasteiger charge is -2.29. The lowest BCUT2D eigenvalue weighted by Crippen LogP contribution is -2.52. The molecule has 5 heterocycles. The van der Waals surface area contributed by atoms with Gasteiger partial charge in [-0.2, -0.15) is 0 Å². The summed E-state index contributed by atoms with van der Waals surface area (Å²) in [5.74, 6) is 1.09. The number of pyridine rings is 1. The maximum atomic E-state index is 14.1. The molecule has 2 atom stereocenters. The SMILES string of the molecule is CCOc1cc(Oc2cc(C)c(Cl)c(C)c2)cc2c1OCC(=O)NC1CCC(CC1)CC(=O)N[C@@H](c1ccccc1)C(=O)N[C@H](Cc1ccncc1)C(=O)NCCc1ccc(cc1)OC2. The average molecular weight is 902 g/mol. The Bertz CT molecular complexity index is 2400. The summed E-state index contributed by atoms with van der Waals surface area (Å²) in [6, 6.07) is 25.4. The van der Waals surface area contributed by atoms with Crippen LogP contribution in [0.2, 0.25) is 5.02 Å². The van der Waals surface area contributed by atoms with Crippen molar-refractivity contribution in [2.45, 2.75) is 90.4 Å². The Balaban J connectivity index is 1.14. The van der Waals surface area contributed by atoms with Gasteiger partial charge in [-0.15, -0.1) is 0 Å². The second kappa shape index (κ2) is 22.3. The number of hydrogen-bond donors (Lipinski definition) is 4. The van der Waals surface area contributed by atoms with Gasteiger partial charge < -0.3 is 40.2 Å². The highest BCUT2D eigenvalue weighted by molar-refractivity contribution is 6.32. The molecule has 0 unspecified atom stereocenters. The Morgan fingerprint density at radius 3 is 2.17 bits per heavy atom. The number of halogens is 1. The monoisotopic (exact) mass is 901 g/mol. The van der Waals surface area contributed by atoms with Gasteiger partial charge in [0, 0.05) is 54.5 Å². The van der Waals surface area contributed by atoms with Crippen molar-refractivity contribution in [3.05, 3.63) is 142 Å².